The Morgan fingerprint density at radius 3 is 2.47 bits per heavy atom. The summed E-state index contributed by atoms with van der Waals surface area (Å²) in [5.41, 5.74) is 0.471. The highest BCUT2D eigenvalue weighted by molar-refractivity contribution is 9.13. The zero-order valence-corrected chi connectivity index (χ0v) is 15.8. The van der Waals surface area contributed by atoms with Gasteiger partial charge < -0.3 is 5.32 Å². The van der Waals surface area contributed by atoms with Crippen molar-refractivity contribution in [2.75, 3.05) is 6.54 Å². The topological polar surface area (TPSA) is 12.0 Å². The lowest BCUT2D eigenvalue weighted by atomic mass is 9.75. The minimum absolute atomic E-state index is 0.471. The second-order valence-corrected chi connectivity index (χ2v) is 8.84. The standard InChI is InChI=1S/C15H23Br2NS/c1-3-9-18-13(12-10-11(16)14(17)19-12)15(4-2)7-5-6-8-15/h10,13,18H,3-9H2,1-2H3. The maximum Gasteiger partial charge on any atom is 0.0843 e. The van der Waals surface area contributed by atoms with Crippen molar-refractivity contribution in [2.24, 2.45) is 5.41 Å². The first-order valence-corrected chi connectivity index (χ1v) is 9.71. The van der Waals surface area contributed by atoms with E-state index in [1.807, 2.05) is 11.3 Å². The average molecular weight is 409 g/mol. The van der Waals surface area contributed by atoms with Gasteiger partial charge in [-0.25, -0.2) is 0 Å². The second-order valence-electron chi connectivity index (χ2n) is 5.58. The molecule has 0 saturated heterocycles. The summed E-state index contributed by atoms with van der Waals surface area (Å²) in [6, 6.07) is 2.82. The number of hydrogen-bond acceptors (Lipinski definition) is 2. The Morgan fingerprint density at radius 1 is 1.32 bits per heavy atom. The third-order valence-corrected chi connectivity index (χ3v) is 7.78. The van der Waals surface area contributed by atoms with E-state index in [-0.39, 0.29) is 0 Å². The Bertz CT molecular complexity index is 391. The van der Waals surface area contributed by atoms with Crippen molar-refractivity contribution in [1.82, 2.24) is 5.32 Å². The molecule has 1 N–H and O–H groups in total. The number of thiophene rings is 1. The molecule has 0 radical (unpaired) electrons. The monoisotopic (exact) mass is 407 g/mol. The molecule has 1 aromatic heterocycles. The van der Waals surface area contributed by atoms with Gasteiger partial charge in [-0.3, -0.25) is 0 Å². The molecule has 0 amide bonds. The SMILES string of the molecule is CCCNC(c1cc(Br)c(Br)s1)C1(CC)CCCC1. The van der Waals surface area contributed by atoms with Gasteiger partial charge in [0.15, 0.2) is 0 Å². The molecule has 1 aliphatic rings. The normalized spacial score (nSPS) is 19.8. The predicted molar refractivity (Wildman–Crippen MR) is 91.9 cm³/mol. The second kappa shape index (κ2) is 7.06. The fourth-order valence-corrected chi connectivity index (χ4v) is 5.65. The van der Waals surface area contributed by atoms with Crippen LogP contribution in [0.4, 0.5) is 0 Å². The first-order valence-electron chi connectivity index (χ1n) is 7.31. The van der Waals surface area contributed by atoms with Crippen molar-refractivity contribution in [3.63, 3.8) is 0 Å². The molecule has 0 bridgehead atoms. The smallest absolute Gasteiger partial charge is 0.0843 e. The van der Waals surface area contributed by atoms with Crippen LogP contribution in [0.15, 0.2) is 14.3 Å². The summed E-state index contributed by atoms with van der Waals surface area (Å²) < 4.78 is 2.41. The van der Waals surface area contributed by atoms with Crippen LogP contribution in [0.25, 0.3) is 0 Å². The van der Waals surface area contributed by atoms with Crippen LogP contribution in [-0.4, -0.2) is 6.54 Å². The van der Waals surface area contributed by atoms with E-state index in [9.17, 15) is 0 Å². The van der Waals surface area contributed by atoms with E-state index in [1.165, 1.54) is 51.7 Å². The Labute approximate surface area is 137 Å². The summed E-state index contributed by atoms with van der Waals surface area (Å²) in [6.07, 6.45) is 8.01. The van der Waals surface area contributed by atoms with Gasteiger partial charge in [-0.2, -0.15) is 0 Å². The van der Waals surface area contributed by atoms with Crippen LogP contribution in [0, 0.1) is 5.41 Å². The van der Waals surface area contributed by atoms with Crippen LogP contribution in [0.2, 0.25) is 0 Å². The fourth-order valence-electron chi connectivity index (χ4n) is 3.34. The maximum atomic E-state index is 3.83. The van der Waals surface area contributed by atoms with Crippen LogP contribution in [0.3, 0.4) is 0 Å². The molecular formula is C15H23Br2NS. The third kappa shape index (κ3) is 3.45. The lowest BCUT2D eigenvalue weighted by Gasteiger charge is -2.37. The molecule has 1 atom stereocenters. The third-order valence-electron chi connectivity index (χ3n) is 4.46. The molecular weight excluding hydrogens is 386 g/mol. The minimum atomic E-state index is 0.471. The van der Waals surface area contributed by atoms with Crippen LogP contribution in [0.5, 0.6) is 0 Å². The lowest BCUT2D eigenvalue weighted by molar-refractivity contribution is 0.190. The predicted octanol–water partition coefficient (Wildman–Crippen LogP) is 6.28. The summed E-state index contributed by atoms with van der Waals surface area (Å²) in [6.45, 7) is 5.72. The first-order chi connectivity index (χ1) is 9.13. The highest BCUT2D eigenvalue weighted by Gasteiger charge is 2.41. The van der Waals surface area contributed by atoms with Crippen LogP contribution < -0.4 is 5.32 Å². The molecule has 1 aromatic rings. The summed E-state index contributed by atoms with van der Waals surface area (Å²) >= 11 is 9.16. The molecule has 1 fully saturated rings. The molecule has 2 rings (SSSR count). The highest BCUT2D eigenvalue weighted by atomic mass is 79.9. The Balaban J connectivity index is 2.29. The van der Waals surface area contributed by atoms with Crippen LogP contribution in [0.1, 0.15) is 63.3 Å². The molecule has 1 heterocycles. The van der Waals surface area contributed by atoms with Gasteiger partial charge >= 0.3 is 0 Å². The van der Waals surface area contributed by atoms with E-state index in [0.29, 0.717) is 11.5 Å². The Kier molecular flexibility index (Phi) is 5.94. The number of halogens is 2. The van der Waals surface area contributed by atoms with Crippen molar-refractivity contribution in [3.05, 3.63) is 19.2 Å². The van der Waals surface area contributed by atoms with Crippen molar-refractivity contribution in [3.8, 4) is 0 Å². The van der Waals surface area contributed by atoms with E-state index in [4.69, 9.17) is 0 Å². The van der Waals surface area contributed by atoms with Crippen molar-refractivity contribution < 1.29 is 0 Å². The molecule has 1 nitrogen and oxygen atoms in total. The highest BCUT2D eigenvalue weighted by Crippen LogP contribution is 2.52. The molecule has 4 heteroatoms. The quantitative estimate of drug-likeness (QED) is 0.583. The average Bonchev–Trinajstić information content (AvgIpc) is 2.99. The van der Waals surface area contributed by atoms with E-state index >= 15 is 0 Å². The molecule has 1 saturated carbocycles. The van der Waals surface area contributed by atoms with Gasteiger partial charge in [0.1, 0.15) is 0 Å². The van der Waals surface area contributed by atoms with Gasteiger partial charge in [0.25, 0.3) is 0 Å². The molecule has 108 valence electrons. The summed E-state index contributed by atoms with van der Waals surface area (Å²) in [4.78, 5) is 1.48. The largest absolute Gasteiger partial charge is 0.309 e. The summed E-state index contributed by atoms with van der Waals surface area (Å²) in [7, 11) is 0. The van der Waals surface area contributed by atoms with Gasteiger partial charge in [-0.15, -0.1) is 11.3 Å². The lowest BCUT2D eigenvalue weighted by Crippen LogP contribution is -2.36. The molecule has 1 unspecified atom stereocenters. The number of hydrogen-bond donors (Lipinski definition) is 1. The van der Waals surface area contributed by atoms with Gasteiger partial charge in [0.2, 0.25) is 0 Å². The zero-order valence-electron chi connectivity index (χ0n) is 11.8. The molecule has 0 spiro atoms. The maximum absolute atomic E-state index is 3.83. The Morgan fingerprint density at radius 2 is 2.00 bits per heavy atom. The van der Waals surface area contributed by atoms with Gasteiger partial charge in [0, 0.05) is 15.4 Å². The van der Waals surface area contributed by atoms with Crippen molar-refractivity contribution in [1.29, 1.82) is 0 Å². The van der Waals surface area contributed by atoms with Gasteiger partial charge in [0.05, 0.1) is 3.79 Å². The first kappa shape index (κ1) is 16.0. The van der Waals surface area contributed by atoms with Gasteiger partial charge in [-0.05, 0) is 75.6 Å². The summed E-state index contributed by atoms with van der Waals surface area (Å²) in [5, 5.41) is 3.83. The van der Waals surface area contributed by atoms with E-state index < -0.39 is 0 Å². The molecule has 0 aliphatic heterocycles. The van der Waals surface area contributed by atoms with E-state index in [1.54, 1.807) is 0 Å². The van der Waals surface area contributed by atoms with E-state index in [0.717, 1.165) is 6.54 Å². The van der Waals surface area contributed by atoms with Crippen molar-refractivity contribution in [2.45, 2.75) is 58.4 Å². The Hall–Kier alpha value is 0.620. The molecule has 19 heavy (non-hydrogen) atoms. The minimum Gasteiger partial charge on any atom is -0.309 e. The number of rotatable bonds is 6. The van der Waals surface area contributed by atoms with Crippen LogP contribution in [-0.2, 0) is 0 Å². The fraction of sp³-hybridized carbons (Fsp3) is 0.733. The van der Waals surface area contributed by atoms with Crippen molar-refractivity contribution >= 4 is 43.2 Å². The molecule has 1 aliphatic carbocycles. The van der Waals surface area contributed by atoms with Gasteiger partial charge in [-0.1, -0.05) is 26.7 Å². The number of nitrogens with one attached hydrogen (secondary N) is 1. The molecule has 0 aromatic carbocycles. The van der Waals surface area contributed by atoms with Crippen LogP contribution >= 0.6 is 43.2 Å². The van der Waals surface area contributed by atoms with E-state index in [2.05, 4.69) is 57.1 Å². The zero-order chi connectivity index (χ0) is 13.9. The summed E-state index contributed by atoms with van der Waals surface area (Å²) in [5.74, 6) is 0.